The average molecular weight is 310 g/mol. The Bertz CT molecular complexity index is 477. The molecule has 0 aliphatic rings. The van der Waals surface area contributed by atoms with Crippen molar-refractivity contribution in [2.45, 2.75) is 31.1 Å². The van der Waals surface area contributed by atoms with Crippen molar-refractivity contribution in [2.75, 3.05) is 12.3 Å². The second-order valence-electron chi connectivity index (χ2n) is 5.29. The number of carboxylic acids is 1. The molecule has 4 N–H and O–H groups in total. The smallest absolute Gasteiger partial charge is 0.321 e. The second kappa shape index (κ2) is 8.05. The van der Waals surface area contributed by atoms with E-state index in [1.54, 1.807) is 13.8 Å². The van der Waals surface area contributed by atoms with Crippen LogP contribution in [0.1, 0.15) is 19.4 Å². The highest BCUT2D eigenvalue weighted by atomic mass is 32.2. The molecule has 1 amide bonds. The van der Waals surface area contributed by atoms with Gasteiger partial charge in [0.2, 0.25) is 5.91 Å². The Morgan fingerprint density at radius 2 is 1.95 bits per heavy atom. The van der Waals surface area contributed by atoms with Gasteiger partial charge in [-0.05, 0) is 25.8 Å². The van der Waals surface area contributed by atoms with Crippen LogP contribution in [0.5, 0.6) is 0 Å². The number of rotatable bonds is 8. The number of carbonyl (C=O) groups excluding carboxylic acids is 1. The van der Waals surface area contributed by atoms with Crippen LogP contribution in [0.3, 0.4) is 0 Å². The molecule has 0 bridgehead atoms. The summed E-state index contributed by atoms with van der Waals surface area (Å²) < 4.78 is -0.692. The average Bonchev–Trinajstić information content (AvgIpc) is 2.45. The van der Waals surface area contributed by atoms with Gasteiger partial charge in [0.25, 0.3) is 0 Å². The van der Waals surface area contributed by atoms with E-state index in [2.05, 4.69) is 5.32 Å². The monoisotopic (exact) mass is 310 g/mol. The van der Waals surface area contributed by atoms with Gasteiger partial charge in [-0.3, -0.25) is 9.59 Å². The molecule has 0 aromatic heterocycles. The van der Waals surface area contributed by atoms with Crippen LogP contribution in [0.4, 0.5) is 0 Å². The Hall–Kier alpha value is -1.53. The number of thioether (sulfide) groups is 1. The number of amides is 1. The maximum atomic E-state index is 11.8. The van der Waals surface area contributed by atoms with E-state index in [9.17, 15) is 9.59 Å². The molecule has 0 unspecified atom stereocenters. The number of nitrogens with two attached hydrogens (primary N) is 1. The van der Waals surface area contributed by atoms with Gasteiger partial charge in [-0.25, -0.2) is 0 Å². The van der Waals surface area contributed by atoms with Crippen molar-refractivity contribution >= 4 is 23.6 Å². The molecule has 6 heteroatoms. The van der Waals surface area contributed by atoms with Crippen molar-refractivity contribution in [3.05, 3.63) is 35.9 Å². The fourth-order valence-electron chi connectivity index (χ4n) is 1.68. The molecular weight excluding hydrogens is 288 g/mol. The van der Waals surface area contributed by atoms with Crippen LogP contribution in [-0.2, 0) is 16.0 Å². The predicted octanol–water partition coefficient (Wildman–Crippen LogP) is 1.27. The molecule has 116 valence electrons. The van der Waals surface area contributed by atoms with Crippen LogP contribution < -0.4 is 11.1 Å². The minimum Gasteiger partial charge on any atom is -0.480 e. The first kappa shape index (κ1) is 17.5. The lowest BCUT2D eigenvalue weighted by Crippen LogP contribution is -2.47. The fraction of sp³-hybridized carbons (Fsp3) is 0.467. The molecule has 1 rings (SSSR count). The molecule has 1 aromatic carbocycles. The zero-order valence-corrected chi connectivity index (χ0v) is 13.2. The Labute approximate surface area is 129 Å². The number of hydrogen-bond acceptors (Lipinski definition) is 4. The van der Waals surface area contributed by atoms with Crippen LogP contribution in [-0.4, -0.2) is 40.1 Å². The molecular formula is C15H22N2O3S. The minimum absolute atomic E-state index is 0.110. The number of nitrogens with one attached hydrogen (secondary N) is 1. The van der Waals surface area contributed by atoms with Crippen molar-refractivity contribution < 1.29 is 14.7 Å². The standard InChI is InChI=1S/C15H22N2O3S/c1-15(2,13(16)14(19)20)21-10-12(18)17-9-8-11-6-4-3-5-7-11/h3-7,13H,8-10,16H2,1-2H3,(H,17,18)(H,19,20)/t13-/m1/s1. The van der Waals surface area contributed by atoms with E-state index in [1.807, 2.05) is 30.3 Å². The van der Waals surface area contributed by atoms with E-state index < -0.39 is 16.8 Å². The maximum Gasteiger partial charge on any atom is 0.321 e. The highest BCUT2D eigenvalue weighted by molar-refractivity contribution is 8.01. The van der Waals surface area contributed by atoms with E-state index >= 15 is 0 Å². The van der Waals surface area contributed by atoms with Crippen LogP contribution >= 0.6 is 11.8 Å². The lowest BCUT2D eigenvalue weighted by atomic mass is 10.1. The molecule has 5 nitrogen and oxygen atoms in total. The molecule has 0 saturated carbocycles. The van der Waals surface area contributed by atoms with Gasteiger partial charge in [-0.1, -0.05) is 30.3 Å². The van der Waals surface area contributed by atoms with E-state index in [-0.39, 0.29) is 11.7 Å². The summed E-state index contributed by atoms with van der Waals surface area (Å²) in [6, 6.07) is 8.89. The lowest BCUT2D eigenvalue weighted by Gasteiger charge is -2.27. The van der Waals surface area contributed by atoms with Gasteiger partial charge in [0.05, 0.1) is 5.75 Å². The van der Waals surface area contributed by atoms with E-state index in [4.69, 9.17) is 10.8 Å². The second-order valence-corrected chi connectivity index (χ2v) is 6.92. The van der Waals surface area contributed by atoms with Gasteiger partial charge in [-0.15, -0.1) is 11.8 Å². The molecule has 0 spiro atoms. The maximum absolute atomic E-state index is 11.8. The topological polar surface area (TPSA) is 92.4 Å². The first-order valence-electron chi connectivity index (χ1n) is 6.76. The summed E-state index contributed by atoms with van der Waals surface area (Å²) in [7, 11) is 0. The largest absolute Gasteiger partial charge is 0.480 e. The molecule has 1 atom stereocenters. The van der Waals surface area contributed by atoms with Crippen molar-refractivity contribution in [3.63, 3.8) is 0 Å². The van der Waals surface area contributed by atoms with Crippen LogP contribution in [0.25, 0.3) is 0 Å². The first-order valence-corrected chi connectivity index (χ1v) is 7.74. The molecule has 0 heterocycles. The van der Waals surface area contributed by atoms with Gasteiger partial charge in [0.15, 0.2) is 0 Å². The molecule has 0 aliphatic carbocycles. The Morgan fingerprint density at radius 3 is 2.52 bits per heavy atom. The molecule has 1 aromatic rings. The number of carboxylic acid groups (broad SMARTS) is 1. The number of carbonyl (C=O) groups is 2. The number of aliphatic carboxylic acids is 1. The summed E-state index contributed by atoms with van der Waals surface area (Å²) in [6.45, 7) is 4.02. The van der Waals surface area contributed by atoms with Gasteiger partial charge in [0.1, 0.15) is 6.04 Å². The fourth-order valence-corrected chi connectivity index (χ4v) is 2.57. The summed E-state index contributed by atoms with van der Waals surface area (Å²) in [4.78, 5) is 22.6. The first-order chi connectivity index (χ1) is 9.83. The Kier molecular flexibility index (Phi) is 6.71. The number of benzene rings is 1. The molecule has 0 aliphatic heterocycles. The van der Waals surface area contributed by atoms with Crippen molar-refractivity contribution in [1.82, 2.24) is 5.32 Å². The molecule has 21 heavy (non-hydrogen) atoms. The summed E-state index contributed by atoms with van der Waals surface area (Å²) in [5.41, 5.74) is 6.77. The van der Waals surface area contributed by atoms with Crippen LogP contribution in [0.15, 0.2) is 30.3 Å². The van der Waals surface area contributed by atoms with Crippen molar-refractivity contribution in [2.24, 2.45) is 5.73 Å². The van der Waals surface area contributed by atoms with Gasteiger partial charge >= 0.3 is 5.97 Å². The SMILES string of the molecule is CC(C)(SCC(=O)NCCc1ccccc1)[C@H](N)C(=O)O. The van der Waals surface area contributed by atoms with E-state index in [0.29, 0.717) is 6.54 Å². The van der Waals surface area contributed by atoms with Crippen molar-refractivity contribution in [3.8, 4) is 0 Å². The zero-order valence-electron chi connectivity index (χ0n) is 12.3. The highest BCUT2D eigenvalue weighted by Gasteiger charge is 2.33. The Balaban J connectivity index is 2.29. The molecule has 0 fully saturated rings. The summed E-state index contributed by atoms with van der Waals surface area (Å²) in [6.07, 6.45) is 0.773. The van der Waals surface area contributed by atoms with Crippen LogP contribution in [0, 0.1) is 0 Å². The lowest BCUT2D eigenvalue weighted by molar-refractivity contribution is -0.139. The predicted molar refractivity (Wildman–Crippen MR) is 85.3 cm³/mol. The van der Waals surface area contributed by atoms with Gasteiger partial charge in [0, 0.05) is 11.3 Å². The van der Waals surface area contributed by atoms with Crippen molar-refractivity contribution in [1.29, 1.82) is 0 Å². The highest BCUT2D eigenvalue weighted by Crippen LogP contribution is 2.27. The summed E-state index contributed by atoms with van der Waals surface area (Å²) in [5.74, 6) is -0.971. The van der Waals surface area contributed by atoms with Gasteiger partial charge in [-0.2, -0.15) is 0 Å². The zero-order chi connectivity index (χ0) is 15.9. The Morgan fingerprint density at radius 1 is 1.33 bits per heavy atom. The third-order valence-corrected chi connectivity index (χ3v) is 4.57. The van der Waals surface area contributed by atoms with Gasteiger partial charge < -0.3 is 16.2 Å². The normalized spacial score (nSPS) is 12.7. The van der Waals surface area contributed by atoms with E-state index in [1.165, 1.54) is 17.3 Å². The third-order valence-electron chi connectivity index (χ3n) is 3.17. The van der Waals surface area contributed by atoms with E-state index in [0.717, 1.165) is 6.42 Å². The molecule has 0 radical (unpaired) electrons. The van der Waals surface area contributed by atoms with Crippen LogP contribution in [0.2, 0.25) is 0 Å². The molecule has 0 saturated heterocycles. The third kappa shape index (κ3) is 6.18. The quantitative estimate of drug-likeness (QED) is 0.672. The minimum atomic E-state index is -1.06. The summed E-state index contributed by atoms with van der Waals surface area (Å²) >= 11 is 1.25. The number of hydrogen-bond donors (Lipinski definition) is 3. The summed E-state index contributed by atoms with van der Waals surface area (Å²) in [5, 5.41) is 11.7.